The Labute approximate surface area is 66.7 Å². The van der Waals surface area contributed by atoms with Crippen LogP contribution in [0.2, 0.25) is 0 Å². The van der Waals surface area contributed by atoms with Gasteiger partial charge < -0.3 is 5.11 Å². The average Bonchev–Trinajstić information content (AvgIpc) is 2.34. The van der Waals surface area contributed by atoms with Crippen molar-refractivity contribution in [2.45, 2.75) is 27.0 Å². The van der Waals surface area contributed by atoms with Crippen LogP contribution in [0.25, 0.3) is 0 Å². The topological polar surface area (TPSA) is 38.0 Å². The molecule has 0 fully saturated rings. The van der Waals surface area contributed by atoms with E-state index in [0.29, 0.717) is 5.92 Å². The minimum absolute atomic E-state index is 0.0761. The Morgan fingerprint density at radius 3 is 2.91 bits per heavy atom. The summed E-state index contributed by atoms with van der Waals surface area (Å²) >= 11 is 0. The van der Waals surface area contributed by atoms with Crippen LogP contribution in [-0.2, 0) is 13.2 Å². The Kier molecular flexibility index (Phi) is 2.65. The lowest BCUT2D eigenvalue weighted by atomic mass is 10.2. The van der Waals surface area contributed by atoms with Crippen LogP contribution >= 0.6 is 0 Å². The number of hydrogen-bond donors (Lipinski definition) is 1. The lowest BCUT2D eigenvalue weighted by Crippen LogP contribution is -2.09. The van der Waals surface area contributed by atoms with Gasteiger partial charge in [-0.2, -0.15) is 5.10 Å². The van der Waals surface area contributed by atoms with E-state index in [1.54, 1.807) is 6.20 Å². The molecule has 1 rings (SSSR count). The van der Waals surface area contributed by atoms with Crippen LogP contribution in [0, 0.1) is 5.92 Å². The Morgan fingerprint density at radius 2 is 2.36 bits per heavy atom. The normalized spacial score (nSPS) is 10.9. The van der Waals surface area contributed by atoms with E-state index >= 15 is 0 Å². The van der Waals surface area contributed by atoms with Crippen molar-refractivity contribution in [3.8, 4) is 0 Å². The van der Waals surface area contributed by atoms with Gasteiger partial charge in [0.1, 0.15) is 0 Å². The van der Waals surface area contributed by atoms with E-state index in [1.165, 1.54) is 0 Å². The molecular formula is C8H14N2O. The van der Waals surface area contributed by atoms with Gasteiger partial charge in [0, 0.05) is 12.7 Å². The molecule has 0 aromatic carbocycles. The second kappa shape index (κ2) is 3.53. The largest absolute Gasteiger partial charge is 0.390 e. The predicted molar refractivity (Wildman–Crippen MR) is 43.0 cm³/mol. The van der Waals surface area contributed by atoms with Crippen molar-refractivity contribution in [1.29, 1.82) is 0 Å². The first-order chi connectivity index (χ1) is 5.24. The standard InChI is InChI=1S/C8H14N2O/c1-7(2)5-10-8(6-11)3-4-9-10/h3-4,7,11H,5-6H2,1-2H3. The van der Waals surface area contributed by atoms with Gasteiger partial charge in [-0.1, -0.05) is 13.8 Å². The van der Waals surface area contributed by atoms with Gasteiger partial charge in [-0.15, -0.1) is 0 Å². The zero-order valence-electron chi connectivity index (χ0n) is 6.99. The highest BCUT2D eigenvalue weighted by molar-refractivity contribution is 4.98. The maximum atomic E-state index is 8.86. The number of aliphatic hydroxyl groups is 1. The smallest absolute Gasteiger partial charge is 0.0849 e. The van der Waals surface area contributed by atoms with Crippen molar-refractivity contribution in [1.82, 2.24) is 9.78 Å². The molecule has 0 bridgehead atoms. The van der Waals surface area contributed by atoms with Crippen LogP contribution in [0.1, 0.15) is 19.5 Å². The Balaban J connectivity index is 2.68. The zero-order valence-corrected chi connectivity index (χ0v) is 6.99. The maximum Gasteiger partial charge on any atom is 0.0849 e. The summed E-state index contributed by atoms with van der Waals surface area (Å²) in [6.45, 7) is 5.21. The van der Waals surface area contributed by atoms with E-state index < -0.39 is 0 Å². The summed E-state index contributed by atoms with van der Waals surface area (Å²) in [4.78, 5) is 0. The zero-order chi connectivity index (χ0) is 8.27. The number of nitrogens with zero attached hydrogens (tertiary/aromatic N) is 2. The molecule has 0 atom stereocenters. The molecule has 0 unspecified atom stereocenters. The van der Waals surface area contributed by atoms with Gasteiger partial charge in [0.05, 0.1) is 12.3 Å². The third-order valence-electron chi connectivity index (χ3n) is 1.50. The molecule has 3 heteroatoms. The molecule has 3 nitrogen and oxygen atoms in total. The summed E-state index contributed by atoms with van der Waals surface area (Å²) in [5.41, 5.74) is 0.888. The SMILES string of the molecule is CC(C)Cn1nccc1CO. The van der Waals surface area contributed by atoms with E-state index in [0.717, 1.165) is 12.2 Å². The summed E-state index contributed by atoms with van der Waals surface area (Å²) < 4.78 is 1.84. The van der Waals surface area contributed by atoms with Crippen molar-refractivity contribution in [2.75, 3.05) is 0 Å². The molecule has 0 spiro atoms. The number of hydrogen-bond acceptors (Lipinski definition) is 2. The first-order valence-electron chi connectivity index (χ1n) is 3.85. The Bertz CT molecular complexity index is 218. The molecule has 0 aliphatic rings. The molecule has 0 saturated carbocycles. The second-order valence-electron chi connectivity index (χ2n) is 3.06. The van der Waals surface area contributed by atoms with E-state index in [4.69, 9.17) is 5.11 Å². The van der Waals surface area contributed by atoms with Crippen molar-refractivity contribution < 1.29 is 5.11 Å². The van der Waals surface area contributed by atoms with E-state index in [1.807, 2.05) is 10.7 Å². The van der Waals surface area contributed by atoms with Gasteiger partial charge >= 0.3 is 0 Å². The molecule has 1 N–H and O–H groups in total. The first-order valence-corrected chi connectivity index (χ1v) is 3.85. The summed E-state index contributed by atoms with van der Waals surface area (Å²) in [5, 5.41) is 12.9. The minimum Gasteiger partial charge on any atom is -0.390 e. The minimum atomic E-state index is 0.0761. The summed E-state index contributed by atoms with van der Waals surface area (Å²) in [5.74, 6) is 0.570. The quantitative estimate of drug-likeness (QED) is 0.706. The van der Waals surface area contributed by atoms with Crippen molar-refractivity contribution in [3.63, 3.8) is 0 Å². The number of rotatable bonds is 3. The third-order valence-corrected chi connectivity index (χ3v) is 1.50. The highest BCUT2D eigenvalue weighted by Gasteiger charge is 2.01. The van der Waals surface area contributed by atoms with Gasteiger partial charge in [0.15, 0.2) is 0 Å². The molecule has 0 aliphatic carbocycles. The van der Waals surface area contributed by atoms with Crippen LogP contribution in [0.15, 0.2) is 12.3 Å². The van der Waals surface area contributed by atoms with Crippen molar-refractivity contribution in [2.24, 2.45) is 5.92 Å². The summed E-state index contributed by atoms with van der Waals surface area (Å²) in [7, 11) is 0. The first kappa shape index (κ1) is 8.27. The molecule has 0 saturated heterocycles. The molecule has 1 aromatic heterocycles. The lowest BCUT2D eigenvalue weighted by Gasteiger charge is -2.07. The highest BCUT2D eigenvalue weighted by Crippen LogP contribution is 2.02. The van der Waals surface area contributed by atoms with E-state index in [9.17, 15) is 0 Å². The molecule has 0 radical (unpaired) electrons. The van der Waals surface area contributed by atoms with E-state index in [-0.39, 0.29) is 6.61 Å². The van der Waals surface area contributed by atoms with Crippen LogP contribution in [-0.4, -0.2) is 14.9 Å². The molecular weight excluding hydrogens is 140 g/mol. The molecule has 11 heavy (non-hydrogen) atoms. The maximum absolute atomic E-state index is 8.86. The van der Waals surface area contributed by atoms with Crippen LogP contribution in [0.3, 0.4) is 0 Å². The monoisotopic (exact) mass is 154 g/mol. The van der Waals surface area contributed by atoms with Crippen molar-refractivity contribution >= 4 is 0 Å². The molecule has 1 heterocycles. The summed E-state index contributed by atoms with van der Waals surface area (Å²) in [6.07, 6.45) is 1.72. The highest BCUT2D eigenvalue weighted by atomic mass is 16.3. The molecule has 1 aromatic rings. The predicted octanol–water partition coefficient (Wildman–Crippen LogP) is 1.03. The van der Waals surface area contributed by atoms with Crippen LogP contribution < -0.4 is 0 Å². The van der Waals surface area contributed by atoms with E-state index in [2.05, 4.69) is 18.9 Å². The molecule has 0 amide bonds. The molecule has 62 valence electrons. The van der Waals surface area contributed by atoms with Crippen LogP contribution in [0.5, 0.6) is 0 Å². The average molecular weight is 154 g/mol. The van der Waals surface area contributed by atoms with Gasteiger partial charge in [-0.3, -0.25) is 4.68 Å². The fourth-order valence-electron chi connectivity index (χ4n) is 1.00. The third kappa shape index (κ3) is 2.05. The van der Waals surface area contributed by atoms with Crippen molar-refractivity contribution in [3.05, 3.63) is 18.0 Å². The van der Waals surface area contributed by atoms with Crippen LogP contribution in [0.4, 0.5) is 0 Å². The Morgan fingerprint density at radius 1 is 1.64 bits per heavy atom. The molecule has 0 aliphatic heterocycles. The fraction of sp³-hybridized carbons (Fsp3) is 0.625. The fourth-order valence-corrected chi connectivity index (χ4v) is 1.00. The lowest BCUT2D eigenvalue weighted by molar-refractivity contribution is 0.264. The van der Waals surface area contributed by atoms with Gasteiger partial charge in [-0.05, 0) is 12.0 Å². The number of aliphatic hydroxyl groups excluding tert-OH is 1. The summed E-state index contributed by atoms with van der Waals surface area (Å²) in [6, 6.07) is 1.84. The second-order valence-corrected chi connectivity index (χ2v) is 3.06. The number of aromatic nitrogens is 2. The van der Waals surface area contributed by atoms with Gasteiger partial charge in [-0.25, -0.2) is 0 Å². The van der Waals surface area contributed by atoms with Gasteiger partial charge in [0.25, 0.3) is 0 Å². The van der Waals surface area contributed by atoms with Gasteiger partial charge in [0.2, 0.25) is 0 Å². The Hall–Kier alpha value is -0.830.